The van der Waals surface area contributed by atoms with Crippen molar-refractivity contribution in [1.29, 1.82) is 0 Å². The summed E-state index contributed by atoms with van der Waals surface area (Å²) in [5, 5.41) is 5.14. The minimum absolute atomic E-state index is 0.130. The Hall–Kier alpha value is -2.18. The van der Waals surface area contributed by atoms with Gasteiger partial charge in [-0.05, 0) is 42.0 Å². The molecule has 1 unspecified atom stereocenters. The van der Waals surface area contributed by atoms with Crippen LogP contribution in [0.4, 0.5) is 4.39 Å². The number of ether oxygens (including phenoxy) is 1. The summed E-state index contributed by atoms with van der Waals surface area (Å²) in [6.07, 6.45) is 3.37. The van der Waals surface area contributed by atoms with Crippen LogP contribution in [0, 0.1) is 12.7 Å². The molecule has 0 spiro atoms. The second-order valence-corrected chi connectivity index (χ2v) is 6.93. The van der Waals surface area contributed by atoms with Gasteiger partial charge in [0.2, 0.25) is 0 Å². The first-order valence-electron chi connectivity index (χ1n) is 8.05. The number of hydrogen-bond donors (Lipinski definition) is 0. The molecule has 1 saturated heterocycles. The van der Waals surface area contributed by atoms with Gasteiger partial charge in [0, 0.05) is 0 Å². The van der Waals surface area contributed by atoms with Gasteiger partial charge in [0.1, 0.15) is 23.8 Å². The molecule has 0 amide bonds. The average molecular weight is 355 g/mol. The Bertz CT molecular complexity index is 913. The minimum Gasteiger partial charge on any atom is -0.354 e. The van der Waals surface area contributed by atoms with Crippen molar-refractivity contribution in [3.05, 3.63) is 77.4 Å². The van der Waals surface area contributed by atoms with Crippen molar-refractivity contribution in [1.82, 2.24) is 14.8 Å². The van der Waals surface area contributed by atoms with Gasteiger partial charge in [0.15, 0.2) is 5.16 Å². The maximum atomic E-state index is 13.9. The van der Waals surface area contributed by atoms with Gasteiger partial charge in [-0.2, -0.15) is 5.10 Å². The lowest BCUT2D eigenvalue weighted by molar-refractivity contribution is 0.256. The third-order valence-corrected chi connectivity index (χ3v) is 5.31. The van der Waals surface area contributed by atoms with Crippen LogP contribution in [0.2, 0.25) is 0 Å². The number of benzene rings is 2. The van der Waals surface area contributed by atoms with E-state index in [1.165, 1.54) is 24.2 Å². The number of aryl methyl sites for hydroxylation is 1. The Morgan fingerprint density at radius 1 is 1.24 bits per heavy atom. The van der Waals surface area contributed by atoms with Gasteiger partial charge in [0.25, 0.3) is 0 Å². The second kappa shape index (κ2) is 6.28. The summed E-state index contributed by atoms with van der Waals surface area (Å²) in [6, 6.07) is 14.8. The van der Waals surface area contributed by atoms with E-state index in [-0.39, 0.29) is 11.9 Å². The molecule has 1 aliphatic rings. The molecule has 0 saturated carbocycles. The Kier molecular flexibility index (Phi) is 4.09. The number of rotatable bonds is 5. The maximum Gasteiger partial charge on any atom is 0.185 e. The lowest BCUT2D eigenvalue weighted by atomic mass is 9.90. The molecule has 2 heterocycles. The van der Waals surface area contributed by atoms with Crippen LogP contribution in [0.15, 0.2) is 60.0 Å². The summed E-state index contributed by atoms with van der Waals surface area (Å²) < 4.78 is 21.9. The van der Waals surface area contributed by atoms with Crippen molar-refractivity contribution >= 4 is 11.8 Å². The number of hydrogen-bond acceptors (Lipinski definition) is 4. The summed E-state index contributed by atoms with van der Waals surface area (Å²) >= 11 is 1.53. The van der Waals surface area contributed by atoms with Crippen molar-refractivity contribution in [2.24, 2.45) is 0 Å². The zero-order chi connectivity index (χ0) is 17.4. The fourth-order valence-electron chi connectivity index (χ4n) is 3.30. The van der Waals surface area contributed by atoms with Crippen LogP contribution in [-0.4, -0.2) is 21.0 Å². The van der Waals surface area contributed by atoms with E-state index in [1.54, 1.807) is 12.1 Å². The SMILES string of the molecule is CSc1ncnn1C[C@]1(c2cccc(F)c2)OC1c1ccccc1C. The molecule has 0 radical (unpaired) electrons. The van der Waals surface area contributed by atoms with Crippen molar-refractivity contribution in [2.75, 3.05) is 6.26 Å². The monoisotopic (exact) mass is 355 g/mol. The van der Waals surface area contributed by atoms with E-state index in [0.29, 0.717) is 6.54 Å². The van der Waals surface area contributed by atoms with Gasteiger partial charge in [-0.15, -0.1) is 0 Å². The molecule has 1 aromatic heterocycles. The number of nitrogens with zero attached hydrogens (tertiary/aromatic N) is 3. The highest BCUT2D eigenvalue weighted by atomic mass is 32.2. The first kappa shape index (κ1) is 16.3. The highest BCUT2D eigenvalue weighted by Crippen LogP contribution is 2.58. The average Bonchev–Trinajstić information content (AvgIpc) is 3.16. The van der Waals surface area contributed by atoms with Crippen LogP contribution in [0.1, 0.15) is 22.8 Å². The topological polar surface area (TPSA) is 43.2 Å². The van der Waals surface area contributed by atoms with Gasteiger partial charge < -0.3 is 4.74 Å². The zero-order valence-corrected chi connectivity index (χ0v) is 14.8. The first-order valence-corrected chi connectivity index (χ1v) is 9.28. The van der Waals surface area contributed by atoms with Crippen molar-refractivity contribution in [3.63, 3.8) is 0 Å². The predicted molar refractivity (Wildman–Crippen MR) is 94.9 cm³/mol. The number of thioether (sulfide) groups is 1. The second-order valence-electron chi connectivity index (χ2n) is 6.16. The Morgan fingerprint density at radius 2 is 2.08 bits per heavy atom. The fourth-order valence-corrected chi connectivity index (χ4v) is 3.77. The smallest absolute Gasteiger partial charge is 0.185 e. The molecule has 2 atom stereocenters. The molecule has 128 valence electrons. The van der Waals surface area contributed by atoms with Crippen molar-refractivity contribution in [3.8, 4) is 0 Å². The molecule has 6 heteroatoms. The molecule has 25 heavy (non-hydrogen) atoms. The molecule has 3 aromatic rings. The van der Waals surface area contributed by atoms with E-state index >= 15 is 0 Å². The minimum atomic E-state index is -0.633. The van der Waals surface area contributed by atoms with E-state index in [0.717, 1.165) is 21.8 Å². The largest absolute Gasteiger partial charge is 0.354 e. The van der Waals surface area contributed by atoms with E-state index in [4.69, 9.17) is 4.74 Å². The molecule has 0 N–H and O–H groups in total. The van der Waals surface area contributed by atoms with Crippen molar-refractivity contribution in [2.45, 2.75) is 30.3 Å². The molecular weight excluding hydrogens is 337 g/mol. The van der Waals surface area contributed by atoms with Crippen LogP contribution >= 0.6 is 11.8 Å². The molecule has 2 aromatic carbocycles. The van der Waals surface area contributed by atoms with Gasteiger partial charge in [-0.3, -0.25) is 0 Å². The van der Waals surface area contributed by atoms with Gasteiger partial charge >= 0.3 is 0 Å². The lowest BCUT2D eigenvalue weighted by Crippen LogP contribution is -2.21. The fraction of sp³-hybridized carbons (Fsp3) is 0.263. The third-order valence-electron chi connectivity index (χ3n) is 4.63. The van der Waals surface area contributed by atoms with Crippen LogP contribution in [-0.2, 0) is 16.9 Å². The van der Waals surface area contributed by atoms with E-state index in [2.05, 4.69) is 29.1 Å². The quantitative estimate of drug-likeness (QED) is 0.510. The molecule has 0 bridgehead atoms. The highest BCUT2D eigenvalue weighted by Gasteiger charge is 2.59. The van der Waals surface area contributed by atoms with Gasteiger partial charge in [-0.25, -0.2) is 14.1 Å². The summed E-state index contributed by atoms with van der Waals surface area (Å²) in [5.74, 6) is -0.264. The van der Waals surface area contributed by atoms with Crippen LogP contribution in [0.3, 0.4) is 0 Å². The first-order chi connectivity index (χ1) is 12.1. The predicted octanol–water partition coefficient (Wildman–Crippen LogP) is 4.11. The van der Waals surface area contributed by atoms with Crippen LogP contribution < -0.4 is 0 Å². The molecule has 1 fully saturated rings. The summed E-state index contributed by atoms with van der Waals surface area (Å²) in [4.78, 5) is 4.26. The highest BCUT2D eigenvalue weighted by molar-refractivity contribution is 7.98. The molecule has 4 nitrogen and oxygen atoms in total. The summed E-state index contributed by atoms with van der Waals surface area (Å²) in [6.45, 7) is 2.56. The number of aromatic nitrogens is 3. The number of halogens is 1. The molecule has 4 rings (SSSR count). The van der Waals surface area contributed by atoms with Crippen LogP contribution in [0.25, 0.3) is 0 Å². The van der Waals surface area contributed by atoms with E-state index < -0.39 is 5.60 Å². The lowest BCUT2D eigenvalue weighted by Gasteiger charge is -2.16. The van der Waals surface area contributed by atoms with E-state index in [1.807, 2.05) is 29.1 Å². The molecular formula is C19H18FN3OS. The Labute approximate surface area is 150 Å². The normalized spacial score (nSPS) is 22.1. The molecule has 0 aliphatic carbocycles. The van der Waals surface area contributed by atoms with Crippen LogP contribution in [0.5, 0.6) is 0 Å². The van der Waals surface area contributed by atoms with Gasteiger partial charge in [-0.1, -0.05) is 48.2 Å². The Balaban J connectivity index is 1.77. The summed E-state index contributed by atoms with van der Waals surface area (Å²) in [5.41, 5.74) is 2.47. The Morgan fingerprint density at radius 3 is 2.84 bits per heavy atom. The zero-order valence-electron chi connectivity index (χ0n) is 14.0. The molecule has 1 aliphatic heterocycles. The summed E-state index contributed by atoms with van der Waals surface area (Å²) in [7, 11) is 0. The third kappa shape index (κ3) is 2.85. The van der Waals surface area contributed by atoms with Crippen molar-refractivity contribution < 1.29 is 9.13 Å². The standard InChI is InChI=1S/C19H18FN3OS/c1-13-6-3-4-9-16(13)17-19(24-17,14-7-5-8-15(20)10-14)11-23-18(25-2)21-12-22-23/h3-10,12,17H,11H2,1-2H3/t17?,19-/m1/s1. The number of epoxide rings is 1. The van der Waals surface area contributed by atoms with E-state index in [9.17, 15) is 4.39 Å². The van der Waals surface area contributed by atoms with Gasteiger partial charge in [0.05, 0.1) is 6.54 Å². The maximum absolute atomic E-state index is 13.9.